The highest BCUT2D eigenvalue weighted by molar-refractivity contribution is 7.10. The fourth-order valence-corrected chi connectivity index (χ4v) is 4.97. The van der Waals surface area contributed by atoms with Gasteiger partial charge in [0.1, 0.15) is 6.04 Å². The summed E-state index contributed by atoms with van der Waals surface area (Å²) in [6.45, 7) is 2.04. The summed E-state index contributed by atoms with van der Waals surface area (Å²) in [5.41, 5.74) is 2.07. The summed E-state index contributed by atoms with van der Waals surface area (Å²) in [5, 5.41) is 5.28. The molecular weight excluding hydrogens is 380 g/mol. The van der Waals surface area contributed by atoms with Gasteiger partial charge in [-0.05, 0) is 49.6 Å². The molecule has 154 valence electrons. The third kappa shape index (κ3) is 5.08. The first kappa shape index (κ1) is 20.1. The van der Waals surface area contributed by atoms with E-state index >= 15 is 0 Å². The number of hydrogen-bond donors (Lipinski definition) is 1. The number of nitrogens with zero attached hydrogens (tertiary/aromatic N) is 1. The van der Waals surface area contributed by atoms with Crippen molar-refractivity contribution in [1.29, 1.82) is 0 Å². The second-order valence-corrected chi connectivity index (χ2v) is 9.48. The monoisotopic (exact) mass is 410 g/mol. The standard InChI is InChI=1S/C24H30N2O2S/c1-17-9-11-18(12-10-17)23(24(28)25-19-6-3-2-4-7-19)26(20-13-14-20)22(27)16-21-8-5-15-29-21/h5,8-12,15,19-20,23H,2-4,6-7,13-14,16H2,1H3,(H,25,28)/t23-/m0/s1. The molecule has 0 spiro atoms. The zero-order valence-corrected chi connectivity index (χ0v) is 17.9. The summed E-state index contributed by atoms with van der Waals surface area (Å²) in [6, 6.07) is 11.9. The minimum absolute atomic E-state index is 0.0211. The van der Waals surface area contributed by atoms with Crippen LogP contribution in [0.3, 0.4) is 0 Å². The number of rotatable bonds is 7. The topological polar surface area (TPSA) is 49.4 Å². The van der Waals surface area contributed by atoms with E-state index in [-0.39, 0.29) is 23.9 Å². The second-order valence-electron chi connectivity index (χ2n) is 8.45. The van der Waals surface area contributed by atoms with E-state index in [2.05, 4.69) is 5.32 Å². The Morgan fingerprint density at radius 2 is 1.79 bits per heavy atom. The summed E-state index contributed by atoms with van der Waals surface area (Å²) in [7, 11) is 0. The average molecular weight is 411 g/mol. The number of carbonyl (C=O) groups is 2. The smallest absolute Gasteiger partial charge is 0.247 e. The van der Waals surface area contributed by atoms with Gasteiger partial charge >= 0.3 is 0 Å². The fraction of sp³-hybridized carbons (Fsp3) is 0.500. The maximum absolute atomic E-state index is 13.5. The number of aryl methyl sites for hydroxylation is 1. The summed E-state index contributed by atoms with van der Waals surface area (Å²) in [5.74, 6) is 0.0338. The van der Waals surface area contributed by atoms with Crippen LogP contribution in [0.4, 0.5) is 0 Å². The van der Waals surface area contributed by atoms with Gasteiger partial charge in [0.25, 0.3) is 0 Å². The van der Waals surface area contributed by atoms with Crippen molar-refractivity contribution in [2.75, 3.05) is 0 Å². The fourth-order valence-electron chi connectivity index (χ4n) is 4.28. The quantitative estimate of drug-likeness (QED) is 0.714. The third-order valence-electron chi connectivity index (χ3n) is 6.00. The molecule has 2 amide bonds. The molecule has 1 N–H and O–H groups in total. The third-order valence-corrected chi connectivity index (χ3v) is 6.88. The van der Waals surface area contributed by atoms with E-state index in [1.165, 1.54) is 19.3 Å². The van der Waals surface area contributed by atoms with Crippen molar-refractivity contribution in [2.24, 2.45) is 0 Å². The SMILES string of the molecule is Cc1ccc([C@@H](C(=O)NC2CCCCC2)N(C(=O)Cc2cccs2)C2CC2)cc1. The van der Waals surface area contributed by atoms with Gasteiger partial charge in [-0.2, -0.15) is 0 Å². The Bertz CT molecular complexity index is 821. The number of hydrogen-bond acceptors (Lipinski definition) is 3. The lowest BCUT2D eigenvalue weighted by molar-refractivity contribution is -0.141. The zero-order valence-electron chi connectivity index (χ0n) is 17.1. The average Bonchev–Trinajstić information content (AvgIpc) is 3.43. The molecule has 4 rings (SSSR count). The number of thiophene rings is 1. The van der Waals surface area contributed by atoms with E-state index in [1.54, 1.807) is 11.3 Å². The van der Waals surface area contributed by atoms with E-state index in [9.17, 15) is 9.59 Å². The number of carbonyl (C=O) groups excluding carboxylic acids is 2. The largest absolute Gasteiger partial charge is 0.351 e. The van der Waals surface area contributed by atoms with Crippen LogP contribution in [-0.2, 0) is 16.0 Å². The van der Waals surface area contributed by atoms with Gasteiger partial charge in [-0.1, -0.05) is 55.2 Å². The van der Waals surface area contributed by atoms with Gasteiger partial charge in [-0.25, -0.2) is 0 Å². The van der Waals surface area contributed by atoms with E-state index < -0.39 is 6.04 Å². The molecule has 2 aliphatic carbocycles. The molecule has 0 aliphatic heterocycles. The predicted octanol–water partition coefficient (Wildman–Crippen LogP) is 4.78. The number of nitrogens with one attached hydrogen (secondary N) is 1. The molecule has 4 nitrogen and oxygen atoms in total. The van der Waals surface area contributed by atoms with Gasteiger partial charge in [-0.15, -0.1) is 11.3 Å². The van der Waals surface area contributed by atoms with E-state index in [4.69, 9.17) is 0 Å². The van der Waals surface area contributed by atoms with E-state index in [1.807, 2.05) is 53.6 Å². The van der Waals surface area contributed by atoms with Gasteiger partial charge in [-0.3, -0.25) is 9.59 Å². The van der Waals surface area contributed by atoms with Crippen LogP contribution in [-0.4, -0.2) is 28.8 Å². The van der Waals surface area contributed by atoms with Gasteiger partial charge < -0.3 is 10.2 Å². The van der Waals surface area contributed by atoms with Crippen molar-refractivity contribution >= 4 is 23.2 Å². The lowest BCUT2D eigenvalue weighted by Gasteiger charge is -2.33. The number of benzene rings is 1. The molecule has 1 aromatic carbocycles. The van der Waals surface area contributed by atoms with Crippen molar-refractivity contribution in [3.8, 4) is 0 Å². The molecular formula is C24H30N2O2S. The Kier molecular flexibility index (Phi) is 6.34. The molecule has 0 saturated heterocycles. The number of amides is 2. The predicted molar refractivity (Wildman–Crippen MR) is 117 cm³/mol. The molecule has 1 aromatic heterocycles. The second kappa shape index (κ2) is 9.12. The maximum atomic E-state index is 13.5. The Morgan fingerprint density at radius 3 is 2.41 bits per heavy atom. The summed E-state index contributed by atoms with van der Waals surface area (Å²) < 4.78 is 0. The molecule has 2 aliphatic rings. The van der Waals surface area contributed by atoms with Crippen LogP contribution < -0.4 is 5.32 Å². The normalized spacial score (nSPS) is 18.2. The molecule has 1 heterocycles. The first-order chi connectivity index (χ1) is 14.1. The van der Waals surface area contributed by atoms with Crippen molar-refractivity contribution < 1.29 is 9.59 Å². The summed E-state index contributed by atoms with van der Waals surface area (Å²) >= 11 is 1.60. The molecule has 0 radical (unpaired) electrons. The molecule has 1 atom stereocenters. The molecule has 0 unspecified atom stereocenters. The van der Waals surface area contributed by atoms with Crippen molar-refractivity contribution in [3.05, 3.63) is 57.8 Å². The van der Waals surface area contributed by atoms with Gasteiger partial charge in [0, 0.05) is 17.0 Å². The molecule has 2 saturated carbocycles. The van der Waals surface area contributed by atoms with Gasteiger partial charge in [0.2, 0.25) is 11.8 Å². The van der Waals surface area contributed by atoms with Crippen LogP contribution in [0.1, 0.15) is 67.0 Å². The highest BCUT2D eigenvalue weighted by atomic mass is 32.1. The Balaban J connectivity index is 1.60. The van der Waals surface area contributed by atoms with Crippen LogP contribution in [0.5, 0.6) is 0 Å². The van der Waals surface area contributed by atoms with Crippen LogP contribution in [0.2, 0.25) is 0 Å². The minimum Gasteiger partial charge on any atom is -0.351 e. The summed E-state index contributed by atoms with van der Waals surface area (Å²) in [6.07, 6.45) is 8.00. The molecule has 2 fully saturated rings. The lowest BCUT2D eigenvalue weighted by Crippen LogP contribution is -2.48. The van der Waals surface area contributed by atoms with Gasteiger partial charge in [0.15, 0.2) is 0 Å². The van der Waals surface area contributed by atoms with Crippen LogP contribution >= 0.6 is 11.3 Å². The summed E-state index contributed by atoms with van der Waals surface area (Å²) in [4.78, 5) is 29.7. The zero-order chi connectivity index (χ0) is 20.2. The Hall–Kier alpha value is -2.14. The van der Waals surface area contributed by atoms with Crippen molar-refractivity contribution in [1.82, 2.24) is 10.2 Å². The van der Waals surface area contributed by atoms with Crippen molar-refractivity contribution in [3.63, 3.8) is 0 Å². The van der Waals surface area contributed by atoms with Gasteiger partial charge in [0.05, 0.1) is 6.42 Å². The first-order valence-electron chi connectivity index (χ1n) is 10.8. The molecule has 5 heteroatoms. The highest BCUT2D eigenvalue weighted by Crippen LogP contribution is 2.36. The molecule has 2 aromatic rings. The van der Waals surface area contributed by atoms with E-state index in [0.717, 1.165) is 41.7 Å². The van der Waals surface area contributed by atoms with E-state index in [0.29, 0.717) is 6.42 Å². The minimum atomic E-state index is -0.544. The Morgan fingerprint density at radius 1 is 1.07 bits per heavy atom. The first-order valence-corrected chi connectivity index (χ1v) is 11.7. The molecule has 0 bridgehead atoms. The lowest BCUT2D eigenvalue weighted by atomic mass is 9.94. The van der Waals surface area contributed by atoms with Crippen LogP contribution in [0.25, 0.3) is 0 Å². The maximum Gasteiger partial charge on any atom is 0.247 e. The molecule has 29 heavy (non-hydrogen) atoms. The van der Waals surface area contributed by atoms with Crippen LogP contribution in [0.15, 0.2) is 41.8 Å². The van der Waals surface area contributed by atoms with Crippen molar-refractivity contribution in [2.45, 2.75) is 76.4 Å². The highest BCUT2D eigenvalue weighted by Gasteiger charge is 2.41. The Labute approximate surface area is 177 Å². The van der Waals surface area contributed by atoms with Crippen LogP contribution in [0, 0.1) is 6.92 Å².